The number of halogens is 2. The summed E-state index contributed by atoms with van der Waals surface area (Å²) in [6.07, 6.45) is 1.71. The van der Waals surface area contributed by atoms with E-state index >= 15 is 0 Å². The number of benzene rings is 2. The first kappa shape index (κ1) is 19.3. The van der Waals surface area contributed by atoms with E-state index in [0.717, 1.165) is 11.1 Å². The quantitative estimate of drug-likeness (QED) is 0.332. The van der Waals surface area contributed by atoms with Crippen molar-refractivity contribution in [3.05, 3.63) is 86.9 Å². The monoisotopic (exact) mass is 445 g/mol. The van der Waals surface area contributed by atoms with Gasteiger partial charge in [0.15, 0.2) is 0 Å². The number of amides is 1. The fraction of sp³-hybridized carbons (Fsp3) is 0.0476. The van der Waals surface area contributed by atoms with E-state index in [-0.39, 0.29) is 5.91 Å². The fourth-order valence-corrected chi connectivity index (χ4v) is 4.53. The van der Waals surface area contributed by atoms with Gasteiger partial charge in [0.1, 0.15) is 15.8 Å². The zero-order valence-corrected chi connectivity index (χ0v) is 17.5. The lowest BCUT2D eigenvalue weighted by atomic mass is 10.2. The van der Waals surface area contributed by atoms with Crippen molar-refractivity contribution in [3.8, 4) is 11.3 Å². The highest BCUT2D eigenvalue weighted by Crippen LogP contribution is 2.36. The van der Waals surface area contributed by atoms with Crippen LogP contribution in [0.15, 0.2) is 70.0 Å². The third-order valence-electron chi connectivity index (χ3n) is 4.15. The van der Waals surface area contributed by atoms with E-state index < -0.39 is 0 Å². The van der Waals surface area contributed by atoms with Gasteiger partial charge in [0.05, 0.1) is 16.5 Å². The molecule has 0 aliphatic carbocycles. The van der Waals surface area contributed by atoms with Gasteiger partial charge in [-0.2, -0.15) is 0 Å². The molecule has 1 fully saturated rings. The van der Waals surface area contributed by atoms with Crippen LogP contribution >= 0.6 is 47.2 Å². The SMILES string of the molecule is O=C1/C(=C\c2ccc(-c3ccc(Cl)cc3Cl)o2)SC(=S)N1Cc1ccccc1. The molecule has 0 unspecified atom stereocenters. The van der Waals surface area contributed by atoms with Crippen LogP contribution < -0.4 is 0 Å². The van der Waals surface area contributed by atoms with Crippen molar-refractivity contribution in [3.63, 3.8) is 0 Å². The van der Waals surface area contributed by atoms with Crippen LogP contribution in [-0.2, 0) is 11.3 Å². The van der Waals surface area contributed by atoms with Crippen LogP contribution in [0.5, 0.6) is 0 Å². The number of thioether (sulfide) groups is 1. The molecule has 140 valence electrons. The average molecular weight is 446 g/mol. The van der Waals surface area contributed by atoms with Gasteiger partial charge in [-0.25, -0.2) is 0 Å². The number of hydrogen-bond donors (Lipinski definition) is 0. The second-order valence-corrected chi connectivity index (χ2v) is 8.60. The first-order valence-electron chi connectivity index (χ1n) is 8.36. The molecular weight excluding hydrogens is 433 g/mol. The van der Waals surface area contributed by atoms with E-state index in [1.165, 1.54) is 11.8 Å². The highest BCUT2D eigenvalue weighted by Gasteiger charge is 2.32. The summed E-state index contributed by atoms with van der Waals surface area (Å²) in [5, 5.41) is 1.06. The Balaban J connectivity index is 1.56. The lowest BCUT2D eigenvalue weighted by Gasteiger charge is -2.14. The fourth-order valence-electron chi connectivity index (χ4n) is 2.80. The van der Waals surface area contributed by atoms with Crippen molar-refractivity contribution in [2.75, 3.05) is 0 Å². The molecule has 0 radical (unpaired) electrons. The van der Waals surface area contributed by atoms with Crippen molar-refractivity contribution < 1.29 is 9.21 Å². The first-order chi connectivity index (χ1) is 13.5. The van der Waals surface area contributed by atoms with Gasteiger partial charge in [-0.3, -0.25) is 9.69 Å². The molecular formula is C21H13Cl2NO2S2. The molecule has 0 atom stereocenters. The van der Waals surface area contributed by atoms with Gasteiger partial charge >= 0.3 is 0 Å². The van der Waals surface area contributed by atoms with Gasteiger partial charge in [0.25, 0.3) is 5.91 Å². The molecule has 2 aromatic carbocycles. The molecule has 1 aliphatic heterocycles. The summed E-state index contributed by atoms with van der Waals surface area (Å²) in [7, 11) is 0. The zero-order valence-electron chi connectivity index (χ0n) is 14.4. The van der Waals surface area contributed by atoms with Crippen LogP contribution in [-0.4, -0.2) is 15.1 Å². The number of furan rings is 1. The predicted octanol–water partition coefficient (Wildman–Crippen LogP) is 6.65. The standard InChI is InChI=1S/C21H13Cl2NO2S2/c22-14-6-8-16(17(23)10-14)18-9-7-15(26-18)11-19-20(25)24(21(27)28-19)12-13-4-2-1-3-5-13/h1-11H,12H2/b19-11+. The van der Waals surface area contributed by atoms with Crippen LogP contribution in [0.3, 0.4) is 0 Å². The lowest BCUT2D eigenvalue weighted by Crippen LogP contribution is -2.27. The summed E-state index contributed by atoms with van der Waals surface area (Å²) in [5.74, 6) is 1.04. The largest absolute Gasteiger partial charge is 0.457 e. The molecule has 1 saturated heterocycles. The number of hydrogen-bond acceptors (Lipinski definition) is 4. The Hall–Kier alpha value is -2.05. The summed E-state index contributed by atoms with van der Waals surface area (Å²) < 4.78 is 6.39. The van der Waals surface area contributed by atoms with Crippen LogP contribution in [0, 0.1) is 0 Å². The zero-order chi connectivity index (χ0) is 19.7. The predicted molar refractivity (Wildman–Crippen MR) is 119 cm³/mol. The summed E-state index contributed by atoms with van der Waals surface area (Å²) in [5.41, 5.74) is 1.76. The molecule has 1 aromatic heterocycles. The first-order valence-corrected chi connectivity index (χ1v) is 10.3. The van der Waals surface area contributed by atoms with E-state index in [2.05, 4.69) is 0 Å². The van der Waals surface area contributed by atoms with Crippen LogP contribution in [0.1, 0.15) is 11.3 Å². The summed E-state index contributed by atoms with van der Waals surface area (Å²) in [6.45, 7) is 0.451. The number of nitrogens with zero attached hydrogens (tertiary/aromatic N) is 1. The van der Waals surface area contributed by atoms with Crippen LogP contribution in [0.2, 0.25) is 10.0 Å². The molecule has 4 rings (SSSR count). The molecule has 7 heteroatoms. The molecule has 3 nitrogen and oxygen atoms in total. The highest BCUT2D eigenvalue weighted by atomic mass is 35.5. The maximum absolute atomic E-state index is 12.8. The molecule has 0 saturated carbocycles. The number of carbonyl (C=O) groups is 1. The van der Waals surface area contributed by atoms with Crippen molar-refractivity contribution in [1.29, 1.82) is 0 Å². The van der Waals surface area contributed by atoms with E-state index in [0.29, 0.717) is 37.3 Å². The van der Waals surface area contributed by atoms with Gasteiger partial charge in [-0.05, 0) is 35.9 Å². The second kappa shape index (κ2) is 8.13. The molecule has 1 amide bonds. The Labute approximate surface area is 181 Å². The Morgan fingerprint density at radius 3 is 2.61 bits per heavy atom. The average Bonchev–Trinajstić information content (AvgIpc) is 3.23. The Morgan fingerprint density at radius 2 is 1.86 bits per heavy atom. The summed E-state index contributed by atoms with van der Waals surface area (Å²) >= 11 is 18.8. The number of carbonyl (C=O) groups excluding carboxylic acids is 1. The molecule has 0 N–H and O–H groups in total. The molecule has 2 heterocycles. The third kappa shape index (κ3) is 4.03. The van der Waals surface area contributed by atoms with Crippen molar-refractivity contribution in [1.82, 2.24) is 4.90 Å². The van der Waals surface area contributed by atoms with E-state index in [9.17, 15) is 4.79 Å². The Kier molecular flexibility index (Phi) is 5.60. The van der Waals surface area contributed by atoms with Crippen molar-refractivity contribution in [2.45, 2.75) is 6.54 Å². The van der Waals surface area contributed by atoms with Gasteiger partial charge < -0.3 is 4.42 Å². The normalized spacial score (nSPS) is 15.6. The Morgan fingerprint density at radius 1 is 1.07 bits per heavy atom. The molecule has 3 aromatic rings. The highest BCUT2D eigenvalue weighted by molar-refractivity contribution is 8.26. The van der Waals surface area contributed by atoms with Gasteiger partial charge in [-0.15, -0.1) is 0 Å². The minimum absolute atomic E-state index is 0.124. The Bertz CT molecular complexity index is 1090. The second-order valence-electron chi connectivity index (χ2n) is 6.08. The molecule has 1 aliphatic rings. The maximum Gasteiger partial charge on any atom is 0.266 e. The topological polar surface area (TPSA) is 33.5 Å². The van der Waals surface area contributed by atoms with Crippen LogP contribution in [0.4, 0.5) is 0 Å². The van der Waals surface area contributed by atoms with Gasteiger partial charge in [-0.1, -0.05) is 77.5 Å². The summed E-state index contributed by atoms with van der Waals surface area (Å²) in [6, 6.07) is 18.6. The van der Waals surface area contributed by atoms with Crippen LogP contribution in [0.25, 0.3) is 17.4 Å². The van der Waals surface area contributed by atoms with E-state index in [1.54, 1.807) is 35.2 Å². The molecule has 28 heavy (non-hydrogen) atoms. The third-order valence-corrected chi connectivity index (χ3v) is 6.08. The summed E-state index contributed by atoms with van der Waals surface area (Å²) in [4.78, 5) is 14.9. The van der Waals surface area contributed by atoms with Gasteiger partial charge in [0.2, 0.25) is 0 Å². The maximum atomic E-state index is 12.8. The van der Waals surface area contributed by atoms with Crippen molar-refractivity contribution >= 4 is 63.5 Å². The number of thiocarbonyl (C=S) groups is 1. The minimum atomic E-state index is -0.124. The van der Waals surface area contributed by atoms with E-state index in [1.807, 2.05) is 36.4 Å². The molecule has 0 spiro atoms. The van der Waals surface area contributed by atoms with E-state index in [4.69, 9.17) is 39.8 Å². The smallest absolute Gasteiger partial charge is 0.266 e. The molecule has 0 bridgehead atoms. The lowest BCUT2D eigenvalue weighted by molar-refractivity contribution is -0.122. The number of rotatable bonds is 4. The van der Waals surface area contributed by atoms with Crippen molar-refractivity contribution in [2.24, 2.45) is 0 Å². The van der Waals surface area contributed by atoms with Gasteiger partial charge in [0, 0.05) is 16.7 Å². The minimum Gasteiger partial charge on any atom is -0.457 e.